The zero-order valence-corrected chi connectivity index (χ0v) is 14.0. The van der Waals surface area contributed by atoms with E-state index in [1.54, 1.807) is 0 Å². The van der Waals surface area contributed by atoms with Crippen molar-refractivity contribution in [3.8, 4) is 0 Å². The van der Waals surface area contributed by atoms with E-state index in [1.165, 1.54) is 49.2 Å². The van der Waals surface area contributed by atoms with Gasteiger partial charge in [-0.15, -0.1) is 23.5 Å². The molecule has 21 heavy (non-hydrogen) atoms. The number of thioether (sulfide) groups is 2. The van der Waals surface area contributed by atoms with Crippen molar-refractivity contribution in [3.05, 3.63) is 29.8 Å². The van der Waals surface area contributed by atoms with Crippen LogP contribution < -0.4 is 5.32 Å². The van der Waals surface area contributed by atoms with Crippen molar-refractivity contribution in [2.24, 2.45) is 5.92 Å². The fraction of sp³-hybridized carbons (Fsp3) is 0.588. The molecule has 1 saturated carbocycles. The topological polar surface area (TPSA) is 29.1 Å². The molecule has 2 nitrogen and oxygen atoms in total. The minimum absolute atomic E-state index is 0.186. The van der Waals surface area contributed by atoms with Gasteiger partial charge in [-0.3, -0.25) is 4.79 Å². The third kappa shape index (κ3) is 4.43. The first-order chi connectivity index (χ1) is 10.3. The van der Waals surface area contributed by atoms with Gasteiger partial charge < -0.3 is 5.32 Å². The predicted octanol–water partition coefficient (Wildman–Crippen LogP) is 5.07. The van der Waals surface area contributed by atoms with Crippen LogP contribution in [-0.2, 0) is 4.79 Å². The number of rotatable bonds is 4. The first kappa shape index (κ1) is 15.3. The van der Waals surface area contributed by atoms with Crippen LogP contribution in [-0.4, -0.2) is 17.4 Å². The van der Waals surface area contributed by atoms with Crippen molar-refractivity contribution in [2.45, 2.75) is 43.1 Å². The molecule has 1 aliphatic heterocycles. The summed E-state index contributed by atoms with van der Waals surface area (Å²) in [5, 5.41) is 3.10. The molecule has 4 heteroatoms. The zero-order valence-electron chi connectivity index (χ0n) is 12.3. The number of carbonyl (C=O) groups excluding carboxylic acids is 1. The fourth-order valence-corrected chi connectivity index (χ4v) is 6.02. The quantitative estimate of drug-likeness (QED) is 0.839. The molecule has 1 N–H and O–H groups in total. The number of benzene rings is 1. The van der Waals surface area contributed by atoms with Gasteiger partial charge in [0.05, 0.1) is 4.58 Å². The molecule has 1 aromatic carbocycles. The van der Waals surface area contributed by atoms with E-state index < -0.39 is 0 Å². The van der Waals surface area contributed by atoms with Crippen molar-refractivity contribution >= 4 is 35.1 Å². The Morgan fingerprint density at radius 1 is 1.14 bits per heavy atom. The molecule has 0 bridgehead atoms. The lowest BCUT2D eigenvalue weighted by Crippen LogP contribution is -2.18. The molecule has 0 radical (unpaired) electrons. The molecule has 1 amide bonds. The third-order valence-corrected chi connectivity index (χ3v) is 7.37. The second-order valence-corrected chi connectivity index (χ2v) is 8.68. The van der Waals surface area contributed by atoms with Gasteiger partial charge in [0.1, 0.15) is 0 Å². The van der Waals surface area contributed by atoms with Gasteiger partial charge in [-0.05, 0) is 36.5 Å². The molecular weight excluding hydrogens is 298 g/mol. The summed E-state index contributed by atoms with van der Waals surface area (Å²) in [6.45, 7) is 0. The largest absolute Gasteiger partial charge is 0.326 e. The Kier molecular flexibility index (Phi) is 5.53. The molecule has 0 atom stereocenters. The highest BCUT2D eigenvalue weighted by Gasteiger charge is 2.19. The zero-order chi connectivity index (χ0) is 14.5. The molecule has 0 aromatic heterocycles. The molecule has 0 spiro atoms. The molecule has 3 rings (SSSR count). The monoisotopic (exact) mass is 321 g/mol. The van der Waals surface area contributed by atoms with E-state index in [2.05, 4.69) is 23.5 Å². The number of hydrogen-bond acceptors (Lipinski definition) is 3. The fourth-order valence-electron chi connectivity index (χ4n) is 3.18. The van der Waals surface area contributed by atoms with E-state index in [0.29, 0.717) is 16.9 Å². The van der Waals surface area contributed by atoms with Crippen LogP contribution in [0.3, 0.4) is 0 Å². The second-order valence-electron chi connectivity index (χ2n) is 5.96. The van der Waals surface area contributed by atoms with E-state index in [0.717, 1.165) is 5.69 Å². The average molecular weight is 322 g/mol. The lowest BCUT2D eigenvalue weighted by molar-refractivity contribution is -0.117. The summed E-state index contributed by atoms with van der Waals surface area (Å²) in [5.74, 6) is 3.25. The molecular formula is C17H23NOS2. The Morgan fingerprint density at radius 2 is 1.90 bits per heavy atom. The minimum Gasteiger partial charge on any atom is -0.326 e. The van der Waals surface area contributed by atoms with Crippen LogP contribution >= 0.6 is 23.5 Å². The Labute approximate surface area is 135 Å². The molecule has 2 fully saturated rings. The highest BCUT2D eigenvalue weighted by atomic mass is 32.2. The van der Waals surface area contributed by atoms with Gasteiger partial charge in [-0.25, -0.2) is 0 Å². The van der Waals surface area contributed by atoms with Crippen molar-refractivity contribution in [3.63, 3.8) is 0 Å². The molecule has 1 heterocycles. The lowest BCUT2D eigenvalue weighted by Gasteiger charge is -2.21. The minimum atomic E-state index is 0.186. The van der Waals surface area contributed by atoms with Crippen LogP contribution in [0, 0.1) is 5.92 Å². The van der Waals surface area contributed by atoms with E-state index >= 15 is 0 Å². The summed E-state index contributed by atoms with van der Waals surface area (Å²) in [6, 6.07) is 8.39. The molecule has 1 saturated heterocycles. The number of anilines is 1. The van der Waals surface area contributed by atoms with Gasteiger partial charge in [0.2, 0.25) is 5.91 Å². The Morgan fingerprint density at radius 3 is 2.67 bits per heavy atom. The smallest absolute Gasteiger partial charge is 0.224 e. The molecule has 0 unspecified atom stereocenters. The summed E-state index contributed by atoms with van der Waals surface area (Å²) in [7, 11) is 0. The SMILES string of the molecule is O=C(CC1CCCCC1)Nc1cccc(C2SCCS2)c1. The highest BCUT2D eigenvalue weighted by Crippen LogP contribution is 2.45. The van der Waals surface area contributed by atoms with Crippen molar-refractivity contribution in [1.29, 1.82) is 0 Å². The summed E-state index contributed by atoms with van der Waals surface area (Å²) in [4.78, 5) is 12.2. The van der Waals surface area contributed by atoms with Crippen LogP contribution in [0.4, 0.5) is 5.69 Å². The predicted molar refractivity (Wildman–Crippen MR) is 93.9 cm³/mol. The van der Waals surface area contributed by atoms with Gasteiger partial charge in [-0.1, -0.05) is 31.4 Å². The molecule has 1 aromatic rings. The molecule has 2 aliphatic rings. The summed E-state index contributed by atoms with van der Waals surface area (Å²) in [5.41, 5.74) is 2.29. The maximum absolute atomic E-state index is 12.2. The van der Waals surface area contributed by atoms with Crippen LogP contribution in [0.5, 0.6) is 0 Å². The van der Waals surface area contributed by atoms with Crippen LogP contribution in [0.15, 0.2) is 24.3 Å². The van der Waals surface area contributed by atoms with Gasteiger partial charge in [0.15, 0.2) is 0 Å². The highest BCUT2D eigenvalue weighted by molar-refractivity contribution is 8.19. The number of carbonyl (C=O) groups is 1. The summed E-state index contributed by atoms with van der Waals surface area (Å²) >= 11 is 4.00. The first-order valence-corrected chi connectivity index (χ1v) is 10.0. The Balaban J connectivity index is 1.56. The third-order valence-electron chi connectivity index (χ3n) is 4.26. The Hall–Kier alpha value is -0.610. The van der Waals surface area contributed by atoms with Gasteiger partial charge in [0, 0.05) is 23.6 Å². The van der Waals surface area contributed by atoms with Crippen LogP contribution in [0.1, 0.15) is 48.7 Å². The van der Waals surface area contributed by atoms with Gasteiger partial charge >= 0.3 is 0 Å². The second kappa shape index (κ2) is 7.59. The average Bonchev–Trinajstić information content (AvgIpc) is 3.02. The summed E-state index contributed by atoms with van der Waals surface area (Å²) in [6.07, 6.45) is 7.08. The number of hydrogen-bond donors (Lipinski definition) is 1. The number of nitrogens with one attached hydrogen (secondary N) is 1. The standard InChI is InChI=1S/C17H23NOS2/c19-16(11-13-5-2-1-3-6-13)18-15-8-4-7-14(12-15)17-20-9-10-21-17/h4,7-8,12-13,17H,1-3,5-6,9-11H2,(H,18,19). The number of amides is 1. The van der Waals surface area contributed by atoms with Gasteiger partial charge in [-0.2, -0.15) is 0 Å². The molecule has 1 aliphatic carbocycles. The normalized spacial score (nSPS) is 20.6. The van der Waals surface area contributed by atoms with E-state index in [9.17, 15) is 4.79 Å². The Bertz CT molecular complexity index is 479. The van der Waals surface area contributed by atoms with Crippen molar-refractivity contribution in [1.82, 2.24) is 0 Å². The maximum atomic E-state index is 12.2. The summed E-state index contributed by atoms with van der Waals surface area (Å²) < 4.78 is 0.542. The van der Waals surface area contributed by atoms with E-state index in [4.69, 9.17) is 0 Å². The van der Waals surface area contributed by atoms with Gasteiger partial charge in [0.25, 0.3) is 0 Å². The first-order valence-electron chi connectivity index (χ1n) is 7.94. The van der Waals surface area contributed by atoms with E-state index in [-0.39, 0.29) is 5.91 Å². The van der Waals surface area contributed by atoms with Crippen LogP contribution in [0.25, 0.3) is 0 Å². The van der Waals surface area contributed by atoms with Crippen molar-refractivity contribution < 1.29 is 4.79 Å². The van der Waals surface area contributed by atoms with E-state index in [1.807, 2.05) is 29.6 Å². The molecule has 114 valence electrons. The maximum Gasteiger partial charge on any atom is 0.224 e. The van der Waals surface area contributed by atoms with Crippen LogP contribution in [0.2, 0.25) is 0 Å². The lowest BCUT2D eigenvalue weighted by atomic mass is 9.87. The van der Waals surface area contributed by atoms with Crippen molar-refractivity contribution in [2.75, 3.05) is 16.8 Å².